The zero-order chi connectivity index (χ0) is 16.6. The molecule has 2 heterocycles. The third-order valence-electron chi connectivity index (χ3n) is 4.17. The molecule has 118 valence electrons. The zero-order valence-corrected chi connectivity index (χ0v) is 13.2. The van der Waals surface area contributed by atoms with Crippen LogP contribution in [0.3, 0.4) is 0 Å². The van der Waals surface area contributed by atoms with E-state index in [0.29, 0.717) is 12.1 Å². The molecule has 0 bridgehead atoms. The maximum Gasteiger partial charge on any atom is 0.354 e. The molecule has 5 nitrogen and oxygen atoms in total. The summed E-state index contributed by atoms with van der Waals surface area (Å²) in [6.07, 6.45) is 3.23. The normalized spacial score (nSPS) is 13.6. The van der Waals surface area contributed by atoms with Gasteiger partial charge in [0, 0.05) is 18.4 Å². The molecule has 0 atom stereocenters. The van der Waals surface area contributed by atoms with Crippen molar-refractivity contribution in [2.75, 3.05) is 11.4 Å². The summed E-state index contributed by atoms with van der Waals surface area (Å²) in [5.41, 5.74) is 4.85. The van der Waals surface area contributed by atoms with Crippen LogP contribution in [0.15, 0.2) is 30.5 Å². The second kappa shape index (κ2) is 5.83. The lowest BCUT2D eigenvalue weighted by atomic mass is 9.94. The van der Waals surface area contributed by atoms with E-state index in [-0.39, 0.29) is 11.6 Å². The van der Waals surface area contributed by atoms with Crippen molar-refractivity contribution in [3.8, 4) is 0 Å². The van der Waals surface area contributed by atoms with E-state index in [1.54, 1.807) is 4.90 Å². The van der Waals surface area contributed by atoms with Crippen molar-refractivity contribution in [3.63, 3.8) is 0 Å². The van der Waals surface area contributed by atoms with Crippen LogP contribution in [0, 0.1) is 13.8 Å². The molecule has 1 aromatic carbocycles. The number of pyridine rings is 1. The van der Waals surface area contributed by atoms with Gasteiger partial charge in [0.2, 0.25) is 0 Å². The fraction of sp³-hybridized carbons (Fsp3) is 0.278. The number of aryl methyl sites for hydroxylation is 2. The molecule has 0 aliphatic carbocycles. The average Bonchev–Trinajstić information content (AvgIpc) is 2.53. The number of carbonyl (C=O) groups excluding carboxylic acids is 1. The molecule has 0 spiro atoms. The monoisotopic (exact) mass is 310 g/mol. The lowest BCUT2D eigenvalue weighted by Gasteiger charge is -2.31. The van der Waals surface area contributed by atoms with Crippen LogP contribution in [0.4, 0.5) is 5.69 Å². The first-order valence-corrected chi connectivity index (χ1v) is 7.58. The second-order valence-electron chi connectivity index (χ2n) is 5.88. The van der Waals surface area contributed by atoms with Gasteiger partial charge in [-0.2, -0.15) is 0 Å². The number of carboxylic acid groups (broad SMARTS) is 1. The first kappa shape index (κ1) is 15.2. The van der Waals surface area contributed by atoms with Gasteiger partial charge in [0.15, 0.2) is 0 Å². The first-order valence-electron chi connectivity index (χ1n) is 7.58. The molecule has 2 aromatic rings. The SMILES string of the molecule is Cc1cc(C)c2c(c1)N(C(=O)c1ccc(C(=O)O)nc1)CCC2. The molecule has 0 saturated carbocycles. The molecular weight excluding hydrogens is 292 g/mol. The topological polar surface area (TPSA) is 70.5 Å². The number of fused-ring (bicyclic) bond motifs is 1. The quantitative estimate of drug-likeness (QED) is 0.925. The smallest absolute Gasteiger partial charge is 0.354 e. The van der Waals surface area contributed by atoms with Crippen molar-refractivity contribution in [3.05, 3.63) is 58.4 Å². The van der Waals surface area contributed by atoms with Gasteiger partial charge in [-0.3, -0.25) is 4.79 Å². The van der Waals surface area contributed by atoms with Crippen LogP contribution in [0.2, 0.25) is 0 Å². The molecule has 1 aromatic heterocycles. The molecular formula is C18H18N2O3. The first-order chi connectivity index (χ1) is 11.0. The highest BCUT2D eigenvalue weighted by Gasteiger charge is 2.25. The van der Waals surface area contributed by atoms with Crippen molar-refractivity contribution >= 4 is 17.6 Å². The Hall–Kier alpha value is -2.69. The summed E-state index contributed by atoms with van der Waals surface area (Å²) in [4.78, 5) is 29.3. The molecule has 1 N–H and O–H groups in total. The lowest BCUT2D eigenvalue weighted by Crippen LogP contribution is -2.36. The molecule has 23 heavy (non-hydrogen) atoms. The minimum absolute atomic E-state index is 0.0627. The van der Waals surface area contributed by atoms with Crippen LogP contribution in [-0.4, -0.2) is 28.5 Å². The fourth-order valence-corrected chi connectivity index (χ4v) is 3.09. The minimum Gasteiger partial charge on any atom is -0.477 e. The molecule has 1 aliphatic heterocycles. The number of amides is 1. The van der Waals surface area contributed by atoms with Crippen molar-refractivity contribution in [1.29, 1.82) is 0 Å². The summed E-state index contributed by atoms with van der Waals surface area (Å²) in [7, 11) is 0. The third-order valence-corrected chi connectivity index (χ3v) is 4.17. The molecule has 0 radical (unpaired) electrons. The largest absolute Gasteiger partial charge is 0.477 e. The summed E-state index contributed by atoms with van der Waals surface area (Å²) in [6, 6.07) is 7.06. The Morgan fingerprint density at radius 1 is 1.22 bits per heavy atom. The number of hydrogen-bond donors (Lipinski definition) is 1. The number of benzene rings is 1. The number of hydrogen-bond acceptors (Lipinski definition) is 3. The second-order valence-corrected chi connectivity index (χ2v) is 5.88. The highest BCUT2D eigenvalue weighted by Crippen LogP contribution is 2.32. The molecule has 5 heteroatoms. The van der Waals surface area contributed by atoms with Crippen LogP contribution in [0.25, 0.3) is 0 Å². The van der Waals surface area contributed by atoms with Gasteiger partial charge in [-0.1, -0.05) is 6.07 Å². The molecule has 1 amide bonds. The number of aromatic carboxylic acids is 1. The van der Waals surface area contributed by atoms with Gasteiger partial charge < -0.3 is 10.0 Å². The Morgan fingerprint density at radius 2 is 2.00 bits per heavy atom. The maximum atomic E-state index is 12.8. The van der Waals surface area contributed by atoms with Gasteiger partial charge in [0.1, 0.15) is 5.69 Å². The predicted molar refractivity (Wildman–Crippen MR) is 87.1 cm³/mol. The van der Waals surface area contributed by atoms with Gasteiger partial charge >= 0.3 is 5.97 Å². The van der Waals surface area contributed by atoms with E-state index in [9.17, 15) is 9.59 Å². The third kappa shape index (κ3) is 2.82. The molecule has 1 aliphatic rings. The van der Waals surface area contributed by atoms with Gasteiger partial charge in [-0.25, -0.2) is 9.78 Å². The van der Waals surface area contributed by atoms with Crippen molar-refractivity contribution < 1.29 is 14.7 Å². The van der Waals surface area contributed by atoms with Gasteiger partial charge in [0.25, 0.3) is 5.91 Å². The van der Waals surface area contributed by atoms with E-state index in [1.807, 2.05) is 13.0 Å². The number of carboxylic acids is 1. The Morgan fingerprint density at radius 3 is 2.65 bits per heavy atom. The summed E-state index contributed by atoms with van der Waals surface area (Å²) in [5.74, 6) is -1.24. The summed E-state index contributed by atoms with van der Waals surface area (Å²) in [5, 5.41) is 8.90. The number of nitrogens with zero attached hydrogens (tertiary/aromatic N) is 2. The predicted octanol–water partition coefficient (Wildman–Crippen LogP) is 2.99. The number of anilines is 1. The Kier molecular flexibility index (Phi) is 3.86. The fourth-order valence-electron chi connectivity index (χ4n) is 3.09. The van der Waals surface area contributed by atoms with E-state index in [1.165, 1.54) is 29.5 Å². The standard InChI is InChI=1S/C18H18N2O3/c1-11-8-12(2)14-4-3-7-20(16(14)9-11)17(21)13-5-6-15(18(22)23)19-10-13/h5-6,8-10H,3-4,7H2,1-2H3,(H,22,23). The van der Waals surface area contributed by atoms with Gasteiger partial charge in [0.05, 0.1) is 5.56 Å². The van der Waals surface area contributed by atoms with Crippen LogP contribution < -0.4 is 4.90 Å². The Bertz CT molecular complexity index is 782. The van der Waals surface area contributed by atoms with Crippen molar-refractivity contribution in [2.24, 2.45) is 0 Å². The van der Waals surface area contributed by atoms with Gasteiger partial charge in [-0.05, 0) is 61.6 Å². The Balaban J connectivity index is 1.97. The summed E-state index contributed by atoms with van der Waals surface area (Å²) >= 11 is 0. The summed E-state index contributed by atoms with van der Waals surface area (Å²) in [6.45, 7) is 4.76. The minimum atomic E-state index is -1.10. The number of aromatic nitrogens is 1. The zero-order valence-electron chi connectivity index (χ0n) is 13.2. The molecule has 0 saturated heterocycles. The number of rotatable bonds is 2. The summed E-state index contributed by atoms with van der Waals surface area (Å²) < 4.78 is 0. The van der Waals surface area contributed by atoms with Crippen molar-refractivity contribution in [2.45, 2.75) is 26.7 Å². The van der Waals surface area contributed by atoms with Gasteiger partial charge in [-0.15, -0.1) is 0 Å². The molecule has 0 unspecified atom stereocenters. The molecule has 3 rings (SSSR count). The maximum absolute atomic E-state index is 12.8. The van der Waals surface area contributed by atoms with Crippen LogP contribution >= 0.6 is 0 Å². The van der Waals surface area contributed by atoms with Crippen LogP contribution in [0.5, 0.6) is 0 Å². The number of carbonyl (C=O) groups is 2. The average molecular weight is 310 g/mol. The highest BCUT2D eigenvalue weighted by molar-refractivity contribution is 6.07. The van der Waals surface area contributed by atoms with E-state index < -0.39 is 5.97 Å². The van der Waals surface area contributed by atoms with E-state index in [4.69, 9.17) is 5.11 Å². The van der Waals surface area contributed by atoms with Crippen LogP contribution in [-0.2, 0) is 6.42 Å². The van der Waals surface area contributed by atoms with E-state index in [2.05, 4.69) is 18.0 Å². The van der Waals surface area contributed by atoms with Crippen molar-refractivity contribution in [1.82, 2.24) is 4.98 Å². The highest BCUT2D eigenvalue weighted by atomic mass is 16.4. The van der Waals surface area contributed by atoms with E-state index >= 15 is 0 Å². The Labute approximate surface area is 134 Å². The van der Waals surface area contributed by atoms with E-state index in [0.717, 1.165) is 24.1 Å². The lowest BCUT2D eigenvalue weighted by molar-refractivity contribution is 0.0690. The van der Waals surface area contributed by atoms with Crippen LogP contribution in [0.1, 0.15) is 44.0 Å². The molecule has 0 fully saturated rings.